The maximum absolute atomic E-state index is 11.9. The van der Waals surface area contributed by atoms with Gasteiger partial charge in [0.15, 0.2) is 0 Å². The molecule has 1 saturated carbocycles. The van der Waals surface area contributed by atoms with Crippen molar-refractivity contribution < 1.29 is 9.90 Å². The Kier molecular flexibility index (Phi) is 4.80. The fraction of sp³-hybridized carbons (Fsp3) is 0.923. The highest BCUT2D eigenvalue weighted by atomic mass is 16.3. The third-order valence-electron chi connectivity index (χ3n) is 4.22. The largest absolute Gasteiger partial charge is 0.396 e. The van der Waals surface area contributed by atoms with Gasteiger partial charge in [0.05, 0.1) is 6.04 Å². The second kappa shape index (κ2) is 6.36. The lowest BCUT2D eigenvalue weighted by Gasteiger charge is -2.24. The van der Waals surface area contributed by atoms with Gasteiger partial charge in [-0.25, -0.2) is 0 Å². The van der Waals surface area contributed by atoms with Crippen LogP contribution in [0, 0.1) is 11.8 Å². The van der Waals surface area contributed by atoms with Gasteiger partial charge in [0.2, 0.25) is 5.91 Å². The van der Waals surface area contributed by atoms with Gasteiger partial charge in [-0.2, -0.15) is 0 Å². The predicted octanol–water partition coefficient (Wildman–Crippen LogP) is 0.653. The van der Waals surface area contributed by atoms with Gasteiger partial charge in [-0.15, -0.1) is 0 Å². The lowest BCUT2D eigenvalue weighted by molar-refractivity contribution is -0.123. The van der Waals surface area contributed by atoms with E-state index in [0.29, 0.717) is 11.8 Å². The molecule has 2 rings (SSSR count). The van der Waals surface area contributed by atoms with Crippen LogP contribution in [0.3, 0.4) is 0 Å². The second-order valence-corrected chi connectivity index (χ2v) is 5.38. The van der Waals surface area contributed by atoms with Crippen molar-refractivity contribution in [3.8, 4) is 0 Å². The molecule has 1 aliphatic carbocycles. The summed E-state index contributed by atoms with van der Waals surface area (Å²) in [6.07, 6.45) is 6.72. The van der Waals surface area contributed by atoms with Crippen LogP contribution in [-0.2, 0) is 4.79 Å². The molecule has 2 unspecified atom stereocenters. The van der Waals surface area contributed by atoms with E-state index in [4.69, 9.17) is 0 Å². The number of nitrogens with one attached hydrogen (secondary N) is 2. The molecule has 3 N–H and O–H groups in total. The van der Waals surface area contributed by atoms with Crippen LogP contribution >= 0.6 is 0 Å². The van der Waals surface area contributed by atoms with Crippen LogP contribution in [0.15, 0.2) is 0 Å². The average molecular weight is 240 g/mol. The molecule has 0 aromatic heterocycles. The van der Waals surface area contributed by atoms with Crippen LogP contribution in [0.25, 0.3) is 0 Å². The SMILES string of the molecule is O=C(NCC1CCCC1CO)[C@@H]1CCCCN1. The third kappa shape index (κ3) is 3.42. The molecule has 2 aliphatic rings. The van der Waals surface area contributed by atoms with Crippen LogP contribution in [-0.4, -0.2) is 36.8 Å². The number of rotatable bonds is 4. The Hall–Kier alpha value is -0.610. The van der Waals surface area contributed by atoms with E-state index < -0.39 is 0 Å². The minimum absolute atomic E-state index is 0.0118. The number of aliphatic hydroxyl groups is 1. The number of amides is 1. The van der Waals surface area contributed by atoms with Gasteiger partial charge < -0.3 is 15.7 Å². The van der Waals surface area contributed by atoms with Crippen molar-refractivity contribution in [1.29, 1.82) is 0 Å². The summed E-state index contributed by atoms with van der Waals surface area (Å²) in [6.45, 7) is 1.96. The first kappa shape index (κ1) is 12.8. The van der Waals surface area contributed by atoms with Crippen molar-refractivity contribution in [2.75, 3.05) is 19.7 Å². The van der Waals surface area contributed by atoms with Crippen molar-refractivity contribution in [3.05, 3.63) is 0 Å². The van der Waals surface area contributed by atoms with E-state index in [1.54, 1.807) is 0 Å². The molecule has 0 aromatic rings. The molecule has 0 bridgehead atoms. The summed E-state index contributed by atoms with van der Waals surface area (Å²) in [5.74, 6) is 1.02. The number of carbonyl (C=O) groups excluding carboxylic acids is 1. The summed E-state index contributed by atoms with van der Waals surface area (Å²) >= 11 is 0. The second-order valence-electron chi connectivity index (χ2n) is 5.38. The van der Waals surface area contributed by atoms with E-state index in [0.717, 1.165) is 38.8 Å². The van der Waals surface area contributed by atoms with Gasteiger partial charge in [0, 0.05) is 13.2 Å². The quantitative estimate of drug-likeness (QED) is 0.676. The monoisotopic (exact) mass is 240 g/mol. The zero-order chi connectivity index (χ0) is 12.1. The molecule has 3 atom stereocenters. The summed E-state index contributed by atoms with van der Waals surface area (Å²) in [5.41, 5.74) is 0. The van der Waals surface area contributed by atoms with Crippen molar-refractivity contribution >= 4 is 5.91 Å². The van der Waals surface area contributed by atoms with Gasteiger partial charge in [-0.3, -0.25) is 4.79 Å². The molecule has 0 spiro atoms. The minimum Gasteiger partial charge on any atom is -0.396 e. The van der Waals surface area contributed by atoms with Gasteiger partial charge in [-0.05, 0) is 44.1 Å². The molecule has 98 valence electrons. The first-order chi connectivity index (χ1) is 8.31. The Morgan fingerprint density at radius 2 is 2.00 bits per heavy atom. The Balaban J connectivity index is 1.71. The van der Waals surface area contributed by atoms with E-state index in [-0.39, 0.29) is 18.6 Å². The topological polar surface area (TPSA) is 61.4 Å². The zero-order valence-corrected chi connectivity index (χ0v) is 10.5. The normalized spacial score (nSPS) is 33.6. The van der Waals surface area contributed by atoms with Crippen LogP contribution < -0.4 is 10.6 Å². The Morgan fingerprint density at radius 1 is 1.18 bits per heavy atom. The molecule has 1 saturated heterocycles. The number of carbonyl (C=O) groups is 1. The van der Waals surface area contributed by atoms with Crippen LogP contribution in [0.4, 0.5) is 0 Å². The number of hydrogen-bond donors (Lipinski definition) is 3. The summed E-state index contributed by atoms with van der Waals surface area (Å²) < 4.78 is 0. The van der Waals surface area contributed by atoms with E-state index in [2.05, 4.69) is 10.6 Å². The highest BCUT2D eigenvalue weighted by molar-refractivity contribution is 5.81. The fourth-order valence-corrected chi connectivity index (χ4v) is 3.05. The number of hydrogen-bond acceptors (Lipinski definition) is 3. The summed E-state index contributed by atoms with van der Waals surface area (Å²) in [7, 11) is 0. The molecule has 17 heavy (non-hydrogen) atoms. The highest BCUT2D eigenvalue weighted by Gasteiger charge is 2.28. The smallest absolute Gasteiger partial charge is 0.237 e. The van der Waals surface area contributed by atoms with Crippen molar-refractivity contribution in [2.24, 2.45) is 11.8 Å². The number of aliphatic hydroxyl groups excluding tert-OH is 1. The molecular weight excluding hydrogens is 216 g/mol. The van der Waals surface area contributed by atoms with Crippen molar-refractivity contribution in [3.63, 3.8) is 0 Å². The molecule has 0 radical (unpaired) electrons. The van der Waals surface area contributed by atoms with Crippen LogP contribution in [0.2, 0.25) is 0 Å². The van der Waals surface area contributed by atoms with Crippen LogP contribution in [0.1, 0.15) is 38.5 Å². The lowest BCUT2D eigenvalue weighted by Crippen LogP contribution is -2.47. The van der Waals surface area contributed by atoms with E-state index in [1.165, 1.54) is 12.8 Å². The Labute approximate surface area is 103 Å². The highest BCUT2D eigenvalue weighted by Crippen LogP contribution is 2.30. The molecule has 1 amide bonds. The van der Waals surface area contributed by atoms with Crippen molar-refractivity contribution in [1.82, 2.24) is 10.6 Å². The first-order valence-electron chi connectivity index (χ1n) is 6.93. The standard InChI is InChI=1S/C13H24N2O2/c16-9-11-5-3-4-10(11)8-15-13(17)12-6-1-2-7-14-12/h10-12,14,16H,1-9H2,(H,15,17)/t10?,11?,12-/m0/s1. The van der Waals surface area contributed by atoms with E-state index >= 15 is 0 Å². The zero-order valence-electron chi connectivity index (χ0n) is 10.5. The fourth-order valence-electron chi connectivity index (χ4n) is 3.05. The molecule has 4 heteroatoms. The van der Waals surface area contributed by atoms with E-state index in [9.17, 15) is 9.90 Å². The summed E-state index contributed by atoms with van der Waals surface area (Å²) in [6, 6.07) is 0.0118. The Bertz CT molecular complexity index is 252. The number of piperidine rings is 1. The summed E-state index contributed by atoms with van der Waals surface area (Å²) in [4.78, 5) is 11.9. The molecule has 0 aromatic carbocycles. The third-order valence-corrected chi connectivity index (χ3v) is 4.22. The van der Waals surface area contributed by atoms with E-state index in [1.807, 2.05) is 0 Å². The van der Waals surface area contributed by atoms with Gasteiger partial charge >= 0.3 is 0 Å². The maximum Gasteiger partial charge on any atom is 0.237 e. The van der Waals surface area contributed by atoms with Gasteiger partial charge in [0.25, 0.3) is 0 Å². The molecule has 2 fully saturated rings. The van der Waals surface area contributed by atoms with Crippen molar-refractivity contribution in [2.45, 2.75) is 44.6 Å². The molecule has 1 heterocycles. The molecular formula is C13H24N2O2. The van der Waals surface area contributed by atoms with Gasteiger partial charge in [0.1, 0.15) is 0 Å². The maximum atomic E-state index is 11.9. The minimum atomic E-state index is 0.0118. The Morgan fingerprint density at radius 3 is 2.71 bits per heavy atom. The summed E-state index contributed by atoms with van der Waals surface area (Å²) in [5, 5.41) is 15.5. The first-order valence-corrected chi connectivity index (χ1v) is 6.93. The average Bonchev–Trinajstić information content (AvgIpc) is 2.84. The molecule has 4 nitrogen and oxygen atoms in total. The molecule has 1 aliphatic heterocycles. The lowest BCUT2D eigenvalue weighted by atomic mass is 9.96. The predicted molar refractivity (Wildman–Crippen MR) is 66.6 cm³/mol. The van der Waals surface area contributed by atoms with Crippen LogP contribution in [0.5, 0.6) is 0 Å². The van der Waals surface area contributed by atoms with Gasteiger partial charge in [-0.1, -0.05) is 12.8 Å².